The van der Waals surface area contributed by atoms with Crippen LogP contribution >= 0.6 is 12.4 Å². The normalized spacial score (nSPS) is 13.8. The molecule has 5 nitrogen and oxygen atoms in total. The fourth-order valence-corrected chi connectivity index (χ4v) is 2.74. The molecule has 6 heteroatoms. The summed E-state index contributed by atoms with van der Waals surface area (Å²) in [6.07, 6.45) is 3.71. The number of aromatic hydroxyl groups is 1. The number of hydrogen-bond donors (Lipinski definition) is 2. The molecule has 2 aromatic rings. The largest absolute Gasteiger partial charge is 0.504 e. The first kappa shape index (κ1) is 16.2. The third-order valence-corrected chi connectivity index (χ3v) is 3.83. The number of phenols is 1. The number of nitrogen functional groups attached to an aromatic ring is 1. The summed E-state index contributed by atoms with van der Waals surface area (Å²) in [5.74, 6) is 1.58. The zero-order valence-corrected chi connectivity index (χ0v) is 13.3. The van der Waals surface area contributed by atoms with Crippen molar-refractivity contribution in [3.05, 3.63) is 41.6 Å². The summed E-state index contributed by atoms with van der Waals surface area (Å²) in [5.41, 5.74) is 8.87. The molecule has 1 aliphatic heterocycles. The predicted molar refractivity (Wildman–Crippen MR) is 89.9 cm³/mol. The number of aryl methyl sites for hydroxylation is 1. The molecule has 118 valence electrons. The van der Waals surface area contributed by atoms with Crippen molar-refractivity contribution < 1.29 is 9.84 Å². The third-order valence-electron chi connectivity index (χ3n) is 3.83. The van der Waals surface area contributed by atoms with Gasteiger partial charge in [-0.1, -0.05) is 0 Å². The predicted octanol–water partition coefficient (Wildman–Crippen LogP) is 2.75. The first-order chi connectivity index (χ1) is 10.2. The van der Waals surface area contributed by atoms with Crippen LogP contribution in [0.4, 0.5) is 11.5 Å². The minimum absolute atomic E-state index is 0. The van der Waals surface area contributed by atoms with E-state index in [4.69, 9.17) is 10.5 Å². The second-order valence-electron chi connectivity index (χ2n) is 5.27. The number of phenolic OH excluding ortho intramolecular Hbond substituents is 1. The Bertz CT molecular complexity index is 664. The Hall–Kier alpha value is -2.14. The summed E-state index contributed by atoms with van der Waals surface area (Å²) in [4.78, 5) is 6.58. The third kappa shape index (κ3) is 3.20. The zero-order chi connectivity index (χ0) is 14.8. The van der Waals surface area contributed by atoms with E-state index in [1.165, 1.54) is 5.56 Å². The molecule has 0 bridgehead atoms. The van der Waals surface area contributed by atoms with Crippen LogP contribution in [0.25, 0.3) is 0 Å². The molecule has 0 spiro atoms. The van der Waals surface area contributed by atoms with Gasteiger partial charge in [-0.25, -0.2) is 4.98 Å². The number of methoxy groups -OCH3 is 1. The minimum Gasteiger partial charge on any atom is -0.504 e. The first-order valence-electron chi connectivity index (χ1n) is 7.02. The van der Waals surface area contributed by atoms with Crippen molar-refractivity contribution >= 4 is 23.9 Å². The van der Waals surface area contributed by atoms with E-state index in [0.29, 0.717) is 18.0 Å². The second kappa shape index (κ2) is 6.75. The summed E-state index contributed by atoms with van der Waals surface area (Å²) in [7, 11) is 1.57. The fourth-order valence-electron chi connectivity index (χ4n) is 2.74. The van der Waals surface area contributed by atoms with Gasteiger partial charge in [0.2, 0.25) is 0 Å². The van der Waals surface area contributed by atoms with E-state index in [1.807, 2.05) is 12.1 Å². The number of benzene rings is 1. The Morgan fingerprint density at radius 2 is 2.09 bits per heavy atom. The van der Waals surface area contributed by atoms with Crippen molar-refractivity contribution in [1.82, 2.24) is 4.98 Å². The number of aromatic nitrogens is 1. The van der Waals surface area contributed by atoms with Crippen molar-refractivity contribution in [3.63, 3.8) is 0 Å². The van der Waals surface area contributed by atoms with Gasteiger partial charge in [0, 0.05) is 31.0 Å². The number of nitrogens with two attached hydrogens (primary N) is 1. The molecule has 0 unspecified atom stereocenters. The highest BCUT2D eigenvalue weighted by Crippen LogP contribution is 2.33. The lowest BCUT2D eigenvalue weighted by molar-refractivity contribution is 0.372. The Kier molecular flexibility index (Phi) is 4.98. The van der Waals surface area contributed by atoms with Crippen molar-refractivity contribution in [3.8, 4) is 11.5 Å². The van der Waals surface area contributed by atoms with E-state index in [0.717, 1.165) is 30.8 Å². The maximum atomic E-state index is 9.98. The molecule has 2 heterocycles. The van der Waals surface area contributed by atoms with Gasteiger partial charge in [-0.3, -0.25) is 0 Å². The SMILES string of the molecule is COc1cc2c(cc1O)CN(c1cc(N)ccn1)CCC2.Cl. The van der Waals surface area contributed by atoms with Crippen molar-refractivity contribution in [2.75, 3.05) is 24.3 Å². The molecule has 1 aromatic heterocycles. The molecular formula is C16H20ClN3O2. The summed E-state index contributed by atoms with van der Waals surface area (Å²) in [6.45, 7) is 1.62. The Labute approximate surface area is 136 Å². The Balaban J connectivity index is 0.00000176. The number of hydrogen-bond acceptors (Lipinski definition) is 5. The summed E-state index contributed by atoms with van der Waals surface area (Å²) in [6, 6.07) is 7.39. The van der Waals surface area contributed by atoms with E-state index >= 15 is 0 Å². The van der Waals surface area contributed by atoms with Crippen LogP contribution in [0.5, 0.6) is 11.5 Å². The van der Waals surface area contributed by atoms with E-state index in [1.54, 1.807) is 25.4 Å². The zero-order valence-electron chi connectivity index (χ0n) is 12.5. The molecule has 1 aromatic carbocycles. The standard InChI is InChI=1S/C16H19N3O2.ClH/c1-21-15-8-11-3-2-6-19(10-12(11)7-14(15)20)16-9-13(17)4-5-18-16;/h4-5,7-9,20H,2-3,6,10H2,1H3,(H2,17,18);1H. The van der Waals surface area contributed by atoms with Gasteiger partial charge in [0.15, 0.2) is 11.5 Å². The Morgan fingerprint density at radius 1 is 1.27 bits per heavy atom. The van der Waals surface area contributed by atoms with Crippen LogP contribution in [0.1, 0.15) is 17.5 Å². The molecule has 22 heavy (non-hydrogen) atoms. The van der Waals surface area contributed by atoms with E-state index in [9.17, 15) is 5.11 Å². The topological polar surface area (TPSA) is 71.6 Å². The monoisotopic (exact) mass is 321 g/mol. The molecule has 0 atom stereocenters. The number of pyridine rings is 1. The Morgan fingerprint density at radius 3 is 2.82 bits per heavy atom. The highest BCUT2D eigenvalue weighted by Gasteiger charge is 2.18. The molecule has 0 radical (unpaired) electrons. The van der Waals surface area contributed by atoms with Crippen LogP contribution < -0.4 is 15.4 Å². The number of halogens is 1. The quantitative estimate of drug-likeness (QED) is 0.890. The van der Waals surface area contributed by atoms with Gasteiger partial charge in [-0.2, -0.15) is 0 Å². The molecular weight excluding hydrogens is 302 g/mol. The van der Waals surface area contributed by atoms with Crippen LogP contribution in [-0.4, -0.2) is 23.7 Å². The smallest absolute Gasteiger partial charge is 0.160 e. The number of ether oxygens (including phenoxy) is 1. The average molecular weight is 322 g/mol. The van der Waals surface area contributed by atoms with Crippen LogP contribution in [0.2, 0.25) is 0 Å². The second-order valence-corrected chi connectivity index (χ2v) is 5.27. The van der Waals surface area contributed by atoms with Gasteiger partial charge in [-0.05, 0) is 42.2 Å². The van der Waals surface area contributed by atoms with Crippen molar-refractivity contribution in [1.29, 1.82) is 0 Å². The molecule has 0 saturated heterocycles. The van der Waals surface area contributed by atoms with Gasteiger partial charge < -0.3 is 20.5 Å². The first-order valence-corrected chi connectivity index (χ1v) is 7.02. The van der Waals surface area contributed by atoms with E-state index < -0.39 is 0 Å². The maximum Gasteiger partial charge on any atom is 0.160 e. The number of rotatable bonds is 2. The summed E-state index contributed by atoms with van der Waals surface area (Å²) in [5, 5.41) is 9.98. The fraction of sp³-hybridized carbons (Fsp3) is 0.312. The number of anilines is 2. The van der Waals surface area contributed by atoms with E-state index in [2.05, 4.69) is 9.88 Å². The molecule has 0 saturated carbocycles. The summed E-state index contributed by atoms with van der Waals surface area (Å²) < 4.78 is 5.19. The molecule has 0 fully saturated rings. The summed E-state index contributed by atoms with van der Waals surface area (Å²) >= 11 is 0. The lowest BCUT2D eigenvalue weighted by atomic mass is 10.0. The van der Waals surface area contributed by atoms with Gasteiger partial charge in [0.1, 0.15) is 5.82 Å². The molecule has 3 rings (SSSR count). The lowest BCUT2D eigenvalue weighted by Crippen LogP contribution is -2.23. The lowest BCUT2D eigenvalue weighted by Gasteiger charge is -2.22. The van der Waals surface area contributed by atoms with Gasteiger partial charge in [0.25, 0.3) is 0 Å². The van der Waals surface area contributed by atoms with Crippen molar-refractivity contribution in [2.24, 2.45) is 0 Å². The molecule has 0 amide bonds. The highest BCUT2D eigenvalue weighted by atomic mass is 35.5. The van der Waals surface area contributed by atoms with Gasteiger partial charge in [-0.15, -0.1) is 12.4 Å². The molecule has 3 N–H and O–H groups in total. The number of nitrogens with zero attached hydrogens (tertiary/aromatic N) is 2. The minimum atomic E-state index is 0. The van der Waals surface area contributed by atoms with Crippen LogP contribution in [-0.2, 0) is 13.0 Å². The average Bonchev–Trinajstić information content (AvgIpc) is 2.68. The number of fused-ring (bicyclic) bond motifs is 1. The van der Waals surface area contributed by atoms with Gasteiger partial charge in [0.05, 0.1) is 7.11 Å². The van der Waals surface area contributed by atoms with Crippen LogP contribution in [0.3, 0.4) is 0 Å². The van der Waals surface area contributed by atoms with Crippen molar-refractivity contribution in [2.45, 2.75) is 19.4 Å². The van der Waals surface area contributed by atoms with Gasteiger partial charge >= 0.3 is 0 Å². The molecule has 0 aliphatic carbocycles. The van der Waals surface area contributed by atoms with E-state index in [-0.39, 0.29) is 18.2 Å². The maximum absolute atomic E-state index is 9.98. The van der Waals surface area contributed by atoms with Crippen LogP contribution in [0, 0.1) is 0 Å². The molecule has 1 aliphatic rings. The van der Waals surface area contributed by atoms with Crippen LogP contribution in [0.15, 0.2) is 30.5 Å². The highest BCUT2D eigenvalue weighted by molar-refractivity contribution is 5.85.